The summed E-state index contributed by atoms with van der Waals surface area (Å²) in [5.41, 5.74) is 3.44. The molecule has 1 heterocycles. The molecule has 0 aliphatic rings. The van der Waals surface area contributed by atoms with Crippen molar-refractivity contribution in [3.8, 4) is 0 Å². The maximum atomic E-state index is 12.6. The van der Waals surface area contributed by atoms with Crippen LogP contribution in [0.15, 0.2) is 65.7 Å². The molecular formula is C21H25N3O2S. The highest BCUT2D eigenvalue weighted by atomic mass is 32.2. The molecule has 3 rings (SSSR count). The van der Waals surface area contributed by atoms with Crippen LogP contribution in [0.5, 0.6) is 0 Å². The summed E-state index contributed by atoms with van der Waals surface area (Å²) in [6.45, 7) is 6.91. The first-order valence-electron chi connectivity index (χ1n) is 9.02. The first-order chi connectivity index (χ1) is 12.8. The van der Waals surface area contributed by atoms with Crippen molar-refractivity contribution in [1.82, 2.24) is 9.78 Å². The Bertz CT molecular complexity index is 989. The molecule has 1 aromatic heterocycles. The van der Waals surface area contributed by atoms with Gasteiger partial charge >= 0.3 is 0 Å². The van der Waals surface area contributed by atoms with Crippen molar-refractivity contribution in [2.45, 2.75) is 38.6 Å². The quantitative estimate of drug-likeness (QED) is 0.664. The van der Waals surface area contributed by atoms with E-state index in [0.717, 1.165) is 17.5 Å². The molecule has 0 atom stereocenters. The number of rotatable bonds is 7. The minimum atomic E-state index is -3.65. The summed E-state index contributed by atoms with van der Waals surface area (Å²) >= 11 is 0. The predicted molar refractivity (Wildman–Crippen MR) is 108 cm³/mol. The first kappa shape index (κ1) is 19.2. The lowest BCUT2D eigenvalue weighted by molar-refractivity contribution is 0.600. The van der Waals surface area contributed by atoms with E-state index in [4.69, 9.17) is 0 Å². The number of nitrogens with one attached hydrogen (secondary N) is 1. The van der Waals surface area contributed by atoms with Crippen molar-refractivity contribution >= 4 is 15.8 Å². The standard InChI is InChI=1S/C21H25N3O2S/c1-16(2)14-18-8-10-20(11-9-18)27(25,26)23-21-12-13-24(22-21)15-19-6-4-17(3)5-7-19/h4-13,16H,14-15H2,1-3H3,(H,22,23). The van der Waals surface area contributed by atoms with Crippen molar-refractivity contribution in [3.63, 3.8) is 0 Å². The van der Waals surface area contributed by atoms with Gasteiger partial charge in [-0.2, -0.15) is 5.10 Å². The molecule has 0 amide bonds. The van der Waals surface area contributed by atoms with E-state index in [2.05, 4.69) is 23.7 Å². The molecule has 6 heteroatoms. The van der Waals surface area contributed by atoms with E-state index in [0.29, 0.717) is 18.3 Å². The van der Waals surface area contributed by atoms with Gasteiger partial charge in [-0.3, -0.25) is 9.40 Å². The number of benzene rings is 2. The maximum absolute atomic E-state index is 12.6. The molecule has 0 saturated carbocycles. The van der Waals surface area contributed by atoms with Crippen molar-refractivity contribution < 1.29 is 8.42 Å². The van der Waals surface area contributed by atoms with Crippen LogP contribution in [0.4, 0.5) is 5.82 Å². The summed E-state index contributed by atoms with van der Waals surface area (Å²) in [6, 6.07) is 16.9. The minimum Gasteiger partial charge on any atom is -0.266 e. The van der Waals surface area contributed by atoms with Crippen LogP contribution in [0.2, 0.25) is 0 Å². The van der Waals surface area contributed by atoms with Gasteiger partial charge in [0.2, 0.25) is 0 Å². The van der Waals surface area contributed by atoms with Gasteiger partial charge in [0, 0.05) is 12.3 Å². The van der Waals surface area contributed by atoms with Crippen LogP contribution in [-0.2, 0) is 23.0 Å². The van der Waals surface area contributed by atoms with Crippen LogP contribution >= 0.6 is 0 Å². The van der Waals surface area contributed by atoms with Crippen LogP contribution < -0.4 is 4.72 Å². The van der Waals surface area contributed by atoms with Gasteiger partial charge in [-0.15, -0.1) is 0 Å². The zero-order chi connectivity index (χ0) is 19.4. The third kappa shape index (κ3) is 5.20. The summed E-state index contributed by atoms with van der Waals surface area (Å²) in [7, 11) is -3.65. The summed E-state index contributed by atoms with van der Waals surface area (Å²) < 4.78 is 29.4. The Hall–Kier alpha value is -2.60. The normalized spacial score (nSPS) is 11.7. The van der Waals surface area contributed by atoms with Crippen LogP contribution in [0.3, 0.4) is 0 Å². The second kappa shape index (κ2) is 7.96. The lowest BCUT2D eigenvalue weighted by Gasteiger charge is -2.08. The van der Waals surface area contributed by atoms with E-state index >= 15 is 0 Å². The van der Waals surface area contributed by atoms with E-state index in [1.807, 2.05) is 43.3 Å². The largest absolute Gasteiger partial charge is 0.266 e. The lowest BCUT2D eigenvalue weighted by Crippen LogP contribution is -2.14. The fourth-order valence-corrected chi connectivity index (χ4v) is 3.85. The zero-order valence-corrected chi connectivity index (χ0v) is 16.7. The maximum Gasteiger partial charge on any atom is 0.263 e. The van der Waals surface area contributed by atoms with Crippen LogP contribution in [0.25, 0.3) is 0 Å². The van der Waals surface area contributed by atoms with Gasteiger partial charge in [0.15, 0.2) is 5.82 Å². The lowest BCUT2D eigenvalue weighted by atomic mass is 10.0. The zero-order valence-electron chi connectivity index (χ0n) is 15.9. The highest BCUT2D eigenvalue weighted by molar-refractivity contribution is 7.92. The summed E-state index contributed by atoms with van der Waals surface area (Å²) in [5.74, 6) is 0.844. The van der Waals surface area contributed by atoms with Gasteiger partial charge < -0.3 is 0 Å². The summed E-state index contributed by atoms with van der Waals surface area (Å²) in [4.78, 5) is 0.239. The molecule has 0 spiro atoms. The third-order valence-electron chi connectivity index (χ3n) is 4.22. The van der Waals surface area contributed by atoms with Gasteiger partial charge in [0.1, 0.15) is 0 Å². The average Bonchev–Trinajstić information content (AvgIpc) is 3.03. The molecule has 0 saturated heterocycles. The Morgan fingerprint density at radius 3 is 2.22 bits per heavy atom. The predicted octanol–water partition coefficient (Wildman–Crippen LogP) is 4.24. The second-order valence-corrected chi connectivity index (χ2v) is 8.91. The molecule has 0 radical (unpaired) electrons. The molecule has 0 bridgehead atoms. The molecule has 142 valence electrons. The molecule has 27 heavy (non-hydrogen) atoms. The molecule has 5 nitrogen and oxygen atoms in total. The monoisotopic (exact) mass is 383 g/mol. The Kier molecular flexibility index (Phi) is 5.65. The third-order valence-corrected chi connectivity index (χ3v) is 5.59. The van der Waals surface area contributed by atoms with Crippen molar-refractivity contribution in [1.29, 1.82) is 0 Å². The highest BCUT2D eigenvalue weighted by Crippen LogP contribution is 2.17. The van der Waals surface area contributed by atoms with Crippen LogP contribution in [0.1, 0.15) is 30.5 Å². The Morgan fingerprint density at radius 2 is 1.59 bits per heavy atom. The number of aromatic nitrogens is 2. The van der Waals surface area contributed by atoms with Gasteiger partial charge in [-0.25, -0.2) is 8.42 Å². The number of anilines is 1. The molecule has 0 unspecified atom stereocenters. The highest BCUT2D eigenvalue weighted by Gasteiger charge is 2.15. The molecule has 1 N–H and O–H groups in total. The first-order valence-corrected chi connectivity index (χ1v) is 10.5. The second-order valence-electron chi connectivity index (χ2n) is 7.23. The fourth-order valence-electron chi connectivity index (χ4n) is 2.86. The molecular weight excluding hydrogens is 358 g/mol. The Labute approximate surface area is 161 Å². The van der Waals surface area contributed by atoms with Gasteiger partial charge in [-0.05, 0) is 42.5 Å². The topological polar surface area (TPSA) is 64.0 Å². The summed E-state index contributed by atoms with van der Waals surface area (Å²) in [6.07, 6.45) is 2.70. The van der Waals surface area contributed by atoms with Gasteiger partial charge in [0.25, 0.3) is 10.0 Å². The molecule has 3 aromatic rings. The average molecular weight is 384 g/mol. The smallest absolute Gasteiger partial charge is 0.263 e. The molecule has 2 aromatic carbocycles. The van der Waals surface area contributed by atoms with Crippen molar-refractivity contribution in [2.24, 2.45) is 5.92 Å². The van der Waals surface area contributed by atoms with E-state index in [1.54, 1.807) is 29.1 Å². The molecule has 0 fully saturated rings. The minimum absolute atomic E-state index is 0.239. The number of aryl methyl sites for hydroxylation is 1. The van der Waals surface area contributed by atoms with E-state index in [1.165, 1.54) is 5.56 Å². The SMILES string of the molecule is Cc1ccc(Cn2ccc(NS(=O)(=O)c3ccc(CC(C)C)cc3)n2)cc1. The van der Waals surface area contributed by atoms with Crippen LogP contribution in [-0.4, -0.2) is 18.2 Å². The van der Waals surface area contributed by atoms with Crippen molar-refractivity contribution in [3.05, 3.63) is 77.5 Å². The number of sulfonamides is 1. The molecule has 0 aliphatic carbocycles. The van der Waals surface area contributed by atoms with E-state index in [9.17, 15) is 8.42 Å². The fraction of sp³-hybridized carbons (Fsp3) is 0.286. The Morgan fingerprint density at radius 1 is 0.963 bits per heavy atom. The Balaban J connectivity index is 1.69. The van der Waals surface area contributed by atoms with E-state index < -0.39 is 10.0 Å². The van der Waals surface area contributed by atoms with Gasteiger partial charge in [0.05, 0.1) is 11.4 Å². The number of hydrogen-bond acceptors (Lipinski definition) is 3. The summed E-state index contributed by atoms with van der Waals surface area (Å²) in [5, 5.41) is 4.32. The van der Waals surface area contributed by atoms with E-state index in [-0.39, 0.29) is 4.90 Å². The van der Waals surface area contributed by atoms with Gasteiger partial charge in [-0.1, -0.05) is 55.8 Å². The van der Waals surface area contributed by atoms with Crippen molar-refractivity contribution in [2.75, 3.05) is 4.72 Å². The van der Waals surface area contributed by atoms with Crippen LogP contribution in [0, 0.1) is 12.8 Å². The molecule has 0 aliphatic heterocycles. The number of hydrogen-bond donors (Lipinski definition) is 1. The number of nitrogens with zero attached hydrogens (tertiary/aromatic N) is 2.